The molecule has 0 atom stereocenters. The molecule has 0 spiro atoms. The van der Waals surface area contributed by atoms with Gasteiger partial charge in [0.2, 0.25) is 5.91 Å². The van der Waals surface area contributed by atoms with Crippen molar-refractivity contribution in [1.29, 1.82) is 0 Å². The van der Waals surface area contributed by atoms with Crippen molar-refractivity contribution in [3.63, 3.8) is 0 Å². The number of carboxylic acid groups (broad SMARTS) is 1. The topological polar surface area (TPSA) is 60.9 Å². The second kappa shape index (κ2) is 5.73. The third-order valence-electron chi connectivity index (χ3n) is 2.88. The largest absolute Gasteiger partial charge is 0.480 e. The second-order valence-electron chi connectivity index (χ2n) is 4.01. The Morgan fingerprint density at radius 3 is 2.56 bits per heavy atom. The molecule has 0 unspecified atom stereocenters. The van der Waals surface area contributed by atoms with E-state index in [4.69, 9.17) is 5.11 Å². The van der Waals surface area contributed by atoms with Crippen molar-refractivity contribution >= 4 is 35.7 Å². The summed E-state index contributed by atoms with van der Waals surface area (Å²) in [5.74, 6) is -0.887. The van der Waals surface area contributed by atoms with E-state index in [9.17, 15) is 9.59 Å². The molecule has 5 nitrogen and oxygen atoms in total. The van der Waals surface area contributed by atoms with E-state index >= 15 is 0 Å². The number of hydrogen-bond acceptors (Lipinski definition) is 3. The van der Waals surface area contributed by atoms with Gasteiger partial charge in [0.1, 0.15) is 6.54 Å². The molecular formula is C12H15ClN2O3. The maximum atomic E-state index is 11.8. The van der Waals surface area contributed by atoms with Crippen LogP contribution in [-0.2, 0) is 9.59 Å². The molecule has 0 radical (unpaired) electrons. The van der Waals surface area contributed by atoms with Crippen molar-refractivity contribution < 1.29 is 14.7 Å². The van der Waals surface area contributed by atoms with E-state index in [1.165, 1.54) is 0 Å². The van der Waals surface area contributed by atoms with E-state index in [0.29, 0.717) is 13.0 Å². The van der Waals surface area contributed by atoms with Gasteiger partial charge in [-0.2, -0.15) is 0 Å². The molecule has 1 aromatic carbocycles. The lowest BCUT2D eigenvalue weighted by atomic mass is 10.2. The SMILES string of the molecule is CN1C(=O)CCN(CC(=O)O)c2ccccc21.Cl. The summed E-state index contributed by atoms with van der Waals surface area (Å²) in [6.45, 7) is 0.352. The Morgan fingerprint density at radius 1 is 1.33 bits per heavy atom. The Labute approximate surface area is 111 Å². The Kier molecular flexibility index (Phi) is 4.55. The zero-order chi connectivity index (χ0) is 12.4. The normalized spacial score (nSPS) is 14.6. The van der Waals surface area contributed by atoms with E-state index in [2.05, 4.69) is 0 Å². The quantitative estimate of drug-likeness (QED) is 0.882. The molecule has 1 amide bonds. The van der Waals surface area contributed by atoms with Crippen LogP contribution in [0.4, 0.5) is 11.4 Å². The number of fused-ring (bicyclic) bond motifs is 1. The lowest BCUT2D eigenvalue weighted by Crippen LogP contribution is -2.30. The van der Waals surface area contributed by atoms with E-state index in [1.54, 1.807) is 16.8 Å². The molecule has 1 aliphatic rings. The molecule has 0 saturated heterocycles. The second-order valence-corrected chi connectivity index (χ2v) is 4.01. The van der Waals surface area contributed by atoms with Gasteiger partial charge in [0.05, 0.1) is 11.4 Å². The van der Waals surface area contributed by atoms with Crippen LogP contribution in [0.15, 0.2) is 24.3 Å². The standard InChI is InChI=1S/C12H14N2O3.ClH/c1-13-9-4-2-3-5-10(9)14(8-12(16)17)7-6-11(13)15;/h2-5H,6-8H2,1H3,(H,16,17);1H. The maximum absolute atomic E-state index is 11.8. The van der Waals surface area contributed by atoms with Crippen molar-refractivity contribution in [2.75, 3.05) is 29.9 Å². The van der Waals surface area contributed by atoms with Crippen molar-refractivity contribution in [1.82, 2.24) is 0 Å². The number of carbonyl (C=O) groups excluding carboxylic acids is 1. The van der Waals surface area contributed by atoms with Crippen LogP contribution < -0.4 is 9.80 Å². The number of aliphatic carboxylic acids is 1. The van der Waals surface area contributed by atoms with Crippen molar-refractivity contribution in [2.45, 2.75) is 6.42 Å². The molecule has 1 N–H and O–H groups in total. The van der Waals surface area contributed by atoms with Gasteiger partial charge in [0.15, 0.2) is 0 Å². The highest BCUT2D eigenvalue weighted by atomic mass is 35.5. The fraction of sp³-hybridized carbons (Fsp3) is 0.333. The number of nitrogens with zero attached hydrogens (tertiary/aromatic N) is 2. The highest BCUT2D eigenvalue weighted by Gasteiger charge is 2.24. The molecule has 1 aromatic rings. The predicted molar refractivity (Wildman–Crippen MR) is 71.6 cm³/mol. The zero-order valence-electron chi connectivity index (χ0n) is 10.00. The van der Waals surface area contributed by atoms with Gasteiger partial charge in [-0.1, -0.05) is 12.1 Å². The van der Waals surface area contributed by atoms with Crippen molar-refractivity contribution in [3.8, 4) is 0 Å². The van der Waals surface area contributed by atoms with E-state index in [-0.39, 0.29) is 24.9 Å². The van der Waals surface area contributed by atoms with Crippen LogP contribution in [0, 0.1) is 0 Å². The fourth-order valence-electron chi connectivity index (χ4n) is 2.00. The molecule has 0 aliphatic carbocycles. The molecule has 1 heterocycles. The first-order chi connectivity index (χ1) is 8.09. The summed E-state index contributed by atoms with van der Waals surface area (Å²) >= 11 is 0. The molecule has 0 bridgehead atoms. The summed E-state index contributed by atoms with van der Waals surface area (Å²) in [7, 11) is 1.71. The van der Waals surface area contributed by atoms with Crippen LogP contribution in [0.5, 0.6) is 0 Å². The molecule has 18 heavy (non-hydrogen) atoms. The minimum absolute atomic E-state index is 0. The summed E-state index contributed by atoms with van der Waals surface area (Å²) in [6.07, 6.45) is 0.332. The molecule has 0 aromatic heterocycles. The van der Waals surface area contributed by atoms with Crippen LogP contribution in [0.2, 0.25) is 0 Å². The number of hydrogen-bond donors (Lipinski definition) is 1. The number of rotatable bonds is 2. The van der Waals surface area contributed by atoms with Gasteiger partial charge >= 0.3 is 5.97 Å². The van der Waals surface area contributed by atoms with Gasteiger partial charge in [0.25, 0.3) is 0 Å². The van der Waals surface area contributed by atoms with Crippen LogP contribution in [-0.4, -0.2) is 37.1 Å². The van der Waals surface area contributed by atoms with Crippen molar-refractivity contribution in [3.05, 3.63) is 24.3 Å². The number of carbonyl (C=O) groups is 2. The Morgan fingerprint density at radius 2 is 1.94 bits per heavy atom. The Bertz CT molecular complexity index is 464. The number of anilines is 2. The van der Waals surface area contributed by atoms with Gasteiger partial charge in [-0.25, -0.2) is 0 Å². The van der Waals surface area contributed by atoms with Crippen LogP contribution >= 0.6 is 12.4 Å². The van der Waals surface area contributed by atoms with Crippen LogP contribution in [0.1, 0.15) is 6.42 Å². The first-order valence-electron chi connectivity index (χ1n) is 5.42. The summed E-state index contributed by atoms with van der Waals surface area (Å²) in [5.41, 5.74) is 1.56. The minimum atomic E-state index is -0.892. The average Bonchev–Trinajstić information content (AvgIpc) is 2.42. The van der Waals surface area contributed by atoms with Gasteiger partial charge in [-0.05, 0) is 12.1 Å². The first kappa shape index (κ1) is 14.3. The number of benzene rings is 1. The molecule has 2 rings (SSSR count). The minimum Gasteiger partial charge on any atom is -0.480 e. The monoisotopic (exact) mass is 270 g/mol. The zero-order valence-corrected chi connectivity index (χ0v) is 10.8. The van der Waals surface area contributed by atoms with Gasteiger partial charge in [-0.3, -0.25) is 9.59 Å². The van der Waals surface area contributed by atoms with Crippen molar-refractivity contribution in [2.24, 2.45) is 0 Å². The molecule has 0 fully saturated rings. The Hall–Kier alpha value is -1.75. The number of carboxylic acids is 1. The highest BCUT2D eigenvalue weighted by Crippen LogP contribution is 2.31. The summed E-state index contributed by atoms with van der Waals surface area (Å²) in [6, 6.07) is 7.35. The molecular weight excluding hydrogens is 256 g/mol. The summed E-state index contributed by atoms with van der Waals surface area (Å²) in [4.78, 5) is 25.9. The molecule has 1 aliphatic heterocycles. The third kappa shape index (κ3) is 2.73. The summed E-state index contributed by atoms with van der Waals surface area (Å²) in [5, 5.41) is 8.87. The number of para-hydroxylation sites is 2. The molecule has 98 valence electrons. The number of halogens is 1. The highest BCUT2D eigenvalue weighted by molar-refractivity contribution is 5.98. The smallest absolute Gasteiger partial charge is 0.323 e. The van der Waals surface area contributed by atoms with E-state index in [1.807, 2.05) is 24.3 Å². The van der Waals surface area contributed by atoms with Crippen LogP contribution in [0.3, 0.4) is 0 Å². The summed E-state index contributed by atoms with van der Waals surface area (Å²) < 4.78 is 0. The average molecular weight is 271 g/mol. The fourth-order valence-corrected chi connectivity index (χ4v) is 2.00. The number of amides is 1. The van der Waals surface area contributed by atoms with Gasteiger partial charge < -0.3 is 14.9 Å². The van der Waals surface area contributed by atoms with E-state index in [0.717, 1.165) is 11.4 Å². The third-order valence-corrected chi connectivity index (χ3v) is 2.88. The Balaban J connectivity index is 0.00000162. The van der Waals surface area contributed by atoms with Gasteiger partial charge in [-0.15, -0.1) is 12.4 Å². The van der Waals surface area contributed by atoms with Gasteiger partial charge in [0, 0.05) is 20.0 Å². The predicted octanol–water partition coefficient (Wildman–Crippen LogP) is 1.37. The first-order valence-corrected chi connectivity index (χ1v) is 5.42. The lowest BCUT2D eigenvalue weighted by Gasteiger charge is -2.23. The van der Waals surface area contributed by atoms with E-state index < -0.39 is 5.97 Å². The lowest BCUT2D eigenvalue weighted by molar-refractivity contribution is -0.135. The van der Waals surface area contributed by atoms with Crippen LogP contribution in [0.25, 0.3) is 0 Å². The maximum Gasteiger partial charge on any atom is 0.323 e. The molecule has 0 saturated carbocycles. The molecule has 6 heteroatoms.